The van der Waals surface area contributed by atoms with Gasteiger partial charge in [0.1, 0.15) is 5.75 Å². The van der Waals surface area contributed by atoms with E-state index >= 15 is 0 Å². The summed E-state index contributed by atoms with van der Waals surface area (Å²) in [6.45, 7) is 8.88. The van der Waals surface area contributed by atoms with Crippen LogP contribution >= 0.6 is 23.2 Å². The maximum absolute atomic E-state index is 11.6. The number of hydrogen-bond donors (Lipinski definition) is 1. The standard InChI is InChI=1S/C20H22Cl2N4O2/c1-2-20(28)26-12-15(13-26)24-7-5-23(6-8-24)14-3-4-25(11-14)18-9-16(21)17(22)10-19(18)27/h2-4,9-11,15,27H,1,5-8,12-13H2. The number of anilines is 1. The van der Waals surface area contributed by atoms with Gasteiger partial charge in [-0.1, -0.05) is 29.8 Å². The molecular formula is C20H22Cl2N4O2. The van der Waals surface area contributed by atoms with Gasteiger partial charge in [-0.05, 0) is 18.2 Å². The Morgan fingerprint density at radius 3 is 2.50 bits per heavy atom. The largest absolute Gasteiger partial charge is 0.506 e. The predicted molar refractivity (Wildman–Crippen MR) is 112 cm³/mol. The third-order valence-corrected chi connectivity index (χ3v) is 6.24. The van der Waals surface area contributed by atoms with Gasteiger partial charge in [0.25, 0.3) is 0 Å². The van der Waals surface area contributed by atoms with Gasteiger partial charge in [-0.25, -0.2) is 0 Å². The van der Waals surface area contributed by atoms with E-state index in [4.69, 9.17) is 23.2 Å². The Balaban J connectivity index is 1.37. The lowest BCUT2D eigenvalue weighted by atomic mass is 10.1. The van der Waals surface area contributed by atoms with Crippen molar-refractivity contribution >= 4 is 34.8 Å². The van der Waals surface area contributed by atoms with E-state index in [0.717, 1.165) is 45.0 Å². The molecule has 8 heteroatoms. The molecule has 1 aromatic carbocycles. The van der Waals surface area contributed by atoms with E-state index in [1.165, 1.54) is 12.1 Å². The molecule has 4 rings (SSSR count). The number of phenols is 1. The summed E-state index contributed by atoms with van der Waals surface area (Å²) in [7, 11) is 0. The number of nitrogens with zero attached hydrogens (tertiary/aromatic N) is 4. The fourth-order valence-electron chi connectivity index (χ4n) is 3.80. The van der Waals surface area contributed by atoms with Crippen molar-refractivity contribution in [1.29, 1.82) is 0 Å². The highest BCUT2D eigenvalue weighted by Gasteiger charge is 2.35. The number of likely N-dealkylation sites (tertiary alicyclic amines) is 1. The molecular weight excluding hydrogens is 399 g/mol. The molecule has 6 nitrogen and oxygen atoms in total. The first-order valence-electron chi connectivity index (χ1n) is 9.23. The summed E-state index contributed by atoms with van der Waals surface area (Å²) in [6, 6.07) is 5.60. The first kappa shape index (κ1) is 19.2. The van der Waals surface area contributed by atoms with Crippen molar-refractivity contribution in [3.05, 3.63) is 53.3 Å². The Hall–Kier alpha value is -2.15. The summed E-state index contributed by atoms with van der Waals surface area (Å²) in [6.07, 6.45) is 5.28. The van der Waals surface area contributed by atoms with E-state index in [9.17, 15) is 9.90 Å². The Labute approximate surface area is 174 Å². The van der Waals surface area contributed by atoms with E-state index < -0.39 is 0 Å². The molecule has 0 radical (unpaired) electrons. The fourth-order valence-corrected chi connectivity index (χ4v) is 4.11. The average Bonchev–Trinajstić information content (AvgIpc) is 3.13. The first-order valence-corrected chi connectivity index (χ1v) is 9.98. The second-order valence-electron chi connectivity index (χ2n) is 7.16. The highest BCUT2D eigenvalue weighted by Crippen LogP contribution is 2.33. The summed E-state index contributed by atoms with van der Waals surface area (Å²) in [5, 5.41) is 10.9. The predicted octanol–water partition coefficient (Wildman–Crippen LogP) is 3.01. The van der Waals surface area contributed by atoms with Crippen LogP contribution in [0.15, 0.2) is 43.2 Å². The van der Waals surface area contributed by atoms with Crippen LogP contribution in [0.4, 0.5) is 5.69 Å². The lowest BCUT2D eigenvalue weighted by Gasteiger charge is -2.48. The van der Waals surface area contributed by atoms with Gasteiger partial charge in [0.05, 0.1) is 21.4 Å². The van der Waals surface area contributed by atoms with Gasteiger partial charge in [-0.3, -0.25) is 9.69 Å². The van der Waals surface area contributed by atoms with Crippen LogP contribution in [0, 0.1) is 0 Å². The van der Waals surface area contributed by atoms with Crippen LogP contribution in [0.1, 0.15) is 0 Å². The number of amides is 1. The number of piperazine rings is 1. The van der Waals surface area contributed by atoms with E-state index in [1.54, 1.807) is 6.07 Å². The molecule has 3 heterocycles. The second-order valence-corrected chi connectivity index (χ2v) is 7.97. The van der Waals surface area contributed by atoms with E-state index in [1.807, 2.05) is 27.9 Å². The maximum Gasteiger partial charge on any atom is 0.246 e. The van der Waals surface area contributed by atoms with Crippen LogP contribution in [0.5, 0.6) is 5.75 Å². The van der Waals surface area contributed by atoms with Gasteiger partial charge in [-0.15, -0.1) is 0 Å². The Kier molecular flexibility index (Phi) is 5.27. The summed E-state index contributed by atoms with van der Waals surface area (Å²) < 4.78 is 1.85. The maximum atomic E-state index is 11.6. The van der Waals surface area contributed by atoms with Gasteiger partial charge >= 0.3 is 0 Å². The summed E-state index contributed by atoms with van der Waals surface area (Å²) in [5.74, 6) is 0.103. The minimum Gasteiger partial charge on any atom is -0.506 e. The van der Waals surface area contributed by atoms with Gasteiger partial charge in [0, 0.05) is 63.8 Å². The van der Waals surface area contributed by atoms with Crippen molar-refractivity contribution in [2.24, 2.45) is 0 Å². The number of benzene rings is 1. The average molecular weight is 421 g/mol. The molecule has 2 aliphatic heterocycles. The third kappa shape index (κ3) is 3.60. The number of carbonyl (C=O) groups is 1. The van der Waals surface area contributed by atoms with Crippen LogP contribution in [0.25, 0.3) is 5.69 Å². The molecule has 28 heavy (non-hydrogen) atoms. The van der Waals surface area contributed by atoms with E-state index in [0.29, 0.717) is 21.8 Å². The molecule has 0 atom stereocenters. The number of hydrogen-bond acceptors (Lipinski definition) is 4. The lowest BCUT2D eigenvalue weighted by Crippen LogP contribution is -2.64. The third-order valence-electron chi connectivity index (χ3n) is 5.52. The van der Waals surface area contributed by atoms with Gasteiger partial charge in [-0.2, -0.15) is 0 Å². The van der Waals surface area contributed by atoms with Gasteiger partial charge in [0.2, 0.25) is 5.91 Å². The van der Waals surface area contributed by atoms with Crippen LogP contribution in [0.2, 0.25) is 10.0 Å². The number of aromatic nitrogens is 1. The number of carbonyl (C=O) groups excluding carboxylic acids is 1. The summed E-state index contributed by atoms with van der Waals surface area (Å²) in [5.41, 5.74) is 1.70. The Morgan fingerprint density at radius 1 is 1.14 bits per heavy atom. The Bertz CT molecular complexity index is 900. The van der Waals surface area contributed by atoms with Crippen molar-refractivity contribution in [3.8, 4) is 11.4 Å². The number of halogens is 2. The zero-order valence-electron chi connectivity index (χ0n) is 15.4. The molecule has 0 aliphatic carbocycles. The molecule has 2 aliphatic rings. The minimum absolute atomic E-state index is 0.0155. The number of rotatable bonds is 4. The van der Waals surface area contributed by atoms with Crippen LogP contribution in [-0.2, 0) is 4.79 Å². The smallest absolute Gasteiger partial charge is 0.246 e. The van der Waals surface area contributed by atoms with Crippen molar-refractivity contribution in [2.45, 2.75) is 6.04 Å². The van der Waals surface area contributed by atoms with Crippen LogP contribution in [0.3, 0.4) is 0 Å². The van der Waals surface area contributed by atoms with Gasteiger partial charge in [0.15, 0.2) is 0 Å². The molecule has 0 spiro atoms. The highest BCUT2D eigenvalue weighted by atomic mass is 35.5. The second kappa shape index (κ2) is 7.70. The number of phenolic OH excluding ortho intramolecular Hbond substituents is 1. The monoisotopic (exact) mass is 420 g/mol. The van der Waals surface area contributed by atoms with Crippen molar-refractivity contribution in [2.75, 3.05) is 44.2 Å². The minimum atomic E-state index is 0.0155. The van der Waals surface area contributed by atoms with Crippen LogP contribution in [-0.4, -0.2) is 70.7 Å². The zero-order chi connectivity index (χ0) is 19.8. The molecule has 2 saturated heterocycles. The summed E-state index contributed by atoms with van der Waals surface area (Å²) >= 11 is 12.0. The molecule has 0 unspecified atom stereocenters. The molecule has 0 bridgehead atoms. The molecule has 2 fully saturated rings. The molecule has 1 amide bonds. The fraction of sp³-hybridized carbons (Fsp3) is 0.350. The van der Waals surface area contributed by atoms with E-state index in [-0.39, 0.29) is 11.7 Å². The molecule has 2 aromatic rings. The first-order chi connectivity index (χ1) is 13.5. The van der Waals surface area contributed by atoms with Gasteiger partial charge < -0.3 is 19.5 Å². The SMILES string of the molecule is C=CC(=O)N1CC(N2CCN(c3ccn(-c4cc(Cl)c(Cl)cc4O)c3)CC2)C1. The molecule has 1 aromatic heterocycles. The van der Waals surface area contributed by atoms with Crippen LogP contribution < -0.4 is 4.90 Å². The number of aromatic hydroxyl groups is 1. The Morgan fingerprint density at radius 2 is 1.82 bits per heavy atom. The highest BCUT2D eigenvalue weighted by molar-refractivity contribution is 6.42. The van der Waals surface area contributed by atoms with Crippen molar-refractivity contribution in [3.63, 3.8) is 0 Å². The molecule has 0 saturated carbocycles. The zero-order valence-corrected chi connectivity index (χ0v) is 16.9. The van der Waals surface area contributed by atoms with Crippen molar-refractivity contribution in [1.82, 2.24) is 14.4 Å². The topological polar surface area (TPSA) is 52.0 Å². The summed E-state index contributed by atoms with van der Waals surface area (Å²) in [4.78, 5) is 18.2. The van der Waals surface area contributed by atoms with Crippen molar-refractivity contribution < 1.29 is 9.90 Å². The normalized spacial score (nSPS) is 18.2. The molecule has 1 N–H and O–H groups in total. The van der Waals surface area contributed by atoms with E-state index in [2.05, 4.69) is 16.4 Å². The quantitative estimate of drug-likeness (QED) is 0.772. The lowest BCUT2D eigenvalue weighted by molar-refractivity contribution is -0.133. The molecule has 148 valence electrons.